The van der Waals surface area contributed by atoms with E-state index in [0.29, 0.717) is 29.0 Å². The molecule has 0 amide bonds. The minimum absolute atomic E-state index is 0.0350. The maximum atomic E-state index is 12.5. The monoisotopic (exact) mass is 557 g/mol. The molecular formula is C30H37Cl2N3O3. The van der Waals surface area contributed by atoms with Gasteiger partial charge in [0, 0.05) is 38.7 Å². The van der Waals surface area contributed by atoms with E-state index in [1.54, 1.807) is 0 Å². The Kier molecular flexibility index (Phi) is 9.47. The van der Waals surface area contributed by atoms with Crippen molar-refractivity contribution >= 4 is 46.4 Å². The number of rotatable bonds is 8. The summed E-state index contributed by atoms with van der Waals surface area (Å²) in [5.74, 6) is 1.30. The summed E-state index contributed by atoms with van der Waals surface area (Å²) in [6, 6.07) is 11.9. The summed E-state index contributed by atoms with van der Waals surface area (Å²) in [6.45, 7) is 5.66. The molecular weight excluding hydrogens is 521 g/mol. The third-order valence-electron chi connectivity index (χ3n) is 7.85. The molecule has 2 fully saturated rings. The van der Waals surface area contributed by atoms with Crippen LogP contribution in [-0.4, -0.2) is 56.1 Å². The van der Waals surface area contributed by atoms with Gasteiger partial charge in [-0.3, -0.25) is 9.69 Å². The summed E-state index contributed by atoms with van der Waals surface area (Å²) in [7, 11) is 0. The van der Waals surface area contributed by atoms with Crippen molar-refractivity contribution in [2.24, 2.45) is 10.9 Å². The number of hydrogen-bond acceptors (Lipinski definition) is 6. The number of halogens is 2. The van der Waals surface area contributed by atoms with Crippen molar-refractivity contribution in [2.75, 3.05) is 44.2 Å². The van der Waals surface area contributed by atoms with Crippen molar-refractivity contribution < 1.29 is 14.3 Å². The van der Waals surface area contributed by atoms with Crippen molar-refractivity contribution in [1.82, 2.24) is 4.90 Å². The maximum absolute atomic E-state index is 12.5. The van der Waals surface area contributed by atoms with E-state index in [2.05, 4.69) is 20.9 Å². The van der Waals surface area contributed by atoms with E-state index in [1.807, 2.05) is 30.3 Å². The number of nitrogens with zero attached hydrogens (tertiary/aromatic N) is 3. The molecule has 0 bridgehead atoms. The van der Waals surface area contributed by atoms with Crippen LogP contribution in [0, 0.1) is 5.92 Å². The highest BCUT2D eigenvalue weighted by Gasteiger charge is 2.25. The molecule has 8 heteroatoms. The van der Waals surface area contributed by atoms with E-state index in [0.717, 1.165) is 94.8 Å². The van der Waals surface area contributed by atoms with Crippen molar-refractivity contribution in [3.05, 3.63) is 52.0 Å². The second-order valence-corrected chi connectivity index (χ2v) is 11.3. The summed E-state index contributed by atoms with van der Waals surface area (Å²) >= 11 is 12.6. The van der Waals surface area contributed by atoms with E-state index in [-0.39, 0.29) is 11.9 Å². The molecule has 0 unspecified atom stereocenters. The minimum Gasteiger partial charge on any atom is -0.494 e. The lowest BCUT2D eigenvalue weighted by atomic mass is 9.89. The molecule has 204 valence electrons. The van der Waals surface area contributed by atoms with Gasteiger partial charge in [-0.05, 0) is 62.4 Å². The molecule has 0 aromatic heterocycles. The zero-order chi connectivity index (χ0) is 26.3. The number of ether oxygens (including phenoxy) is 2. The minimum atomic E-state index is -0.103. The maximum Gasteiger partial charge on any atom is 0.315 e. The lowest BCUT2D eigenvalue weighted by Crippen LogP contribution is -2.46. The topological polar surface area (TPSA) is 54.4 Å². The molecule has 0 spiro atoms. The highest BCUT2D eigenvalue weighted by Crippen LogP contribution is 2.33. The van der Waals surface area contributed by atoms with E-state index in [4.69, 9.17) is 32.7 Å². The van der Waals surface area contributed by atoms with Gasteiger partial charge >= 0.3 is 5.97 Å². The van der Waals surface area contributed by atoms with Crippen LogP contribution in [0.3, 0.4) is 0 Å². The summed E-state index contributed by atoms with van der Waals surface area (Å²) in [6.07, 6.45) is 8.92. The molecule has 38 heavy (non-hydrogen) atoms. The molecule has 1 saturated carbocycles. The normalized spacial score (nSPS) is 18.6. The lowest BCUT2D eigenvalue weighted by Gasteiger charge is -2.36. The van der Waals surface area contributed by atoms with Crippen molar-refractivity contribution in [1.29, 1.82) is 0 Å². The van der Waals surface area contributed by atoms with Crippen LogP contribution in [0.15, 0.2) is 41.4 Å². The molecule has 3 aliphatic rings. The molecule has 0 N–H and O–H groups in total. The third-order valence-corrected chi connectivity index (χ3v) is 8.66. The number of benzene rings is 2. The molecule has 1 aliphatic carbocycles. The number of esters is 1. The molecule has 2 aromatic carbocycles. The standard InChI is InChI=1S/C30H37Cl2N3O3/c31-25-9-6-10-27(29(25)32)35-18-16-34(17-19-35)15-4-5-20-37-24-13-11-22-12-14-28(33-26(22)21-24)38-30(36)23-7-2-1-3-8-23/h6,9-11,13,21,23H,1-5,7-8,12,14-20H2. The predicted octanol–water partition coefficient (Wildman–Crippen LogP) is 7.07. The second kappa shape index (κ2) is 13.2. The zero-order valence-electron chi connectivity index (χ0n) is 22.0. The number of aliphatic imine (C=N–C) groups is 1. The second-order valence-electron chi connectivity index (χ2n) is 10.5. The number of carbonyl (C=O) groups is 1. The Labute approximate surface area is 235 Å². The van der Waals surface area contributed by atoms with Crippen LogP contribution in [0.5, 0.6) is 5.75 Å². The van der Waals surface area contributed by atoms with E-state index >= 15 is 0 Å². The van der Waals surface area contributed by atoms with Gasteiger partial charge in [-0.25, -0.2) is 4.99 Å². The highest BCUT2D eigenvalue weighted by atomic mass is 35.5. The van der Waals surface area contributed by atoms with E-state index in [1.165, 1.54) is 12.0 Å². The average Bonchev–Trinajstić information content (AvgIpc) is 2.95. The van der Waals surface area contributed by atoms with Crippen LogP contribution in [0.1, 0.15) is 56.9 Å². The first-order valence-electron chi connectivity index (χ1n) is 14.0. The first-order valence-corrected chi connectivity index (χ1v) is 14.8. The molecule has 0 radical (unpaired) electrons. The molecule has 2 aromatic rings. The molecule has 0 atom stereocenters. The quantitative estimate of drug-likeness (QED) is 0.256. The first kappa shape index (κ1) is 27.3. The fourth-order valence-electron chi connectivity index (χ4n) is 5.57. The molecule has 6 nitrogen and oxygen atoms in total. The Morgan fingerprint density at radius 1 is 0.974 bits per heavy atom. The largest absolute Gasteiger partial charge is 0.494 e. The van der Waals surface area contributed by atoms with Gasteiger partial charge in [-0.15, -0.1) is 0 Å². The van der Waals surface area contributed by atoms with Gasteiger partial charge in [-0.1, -0.05) is 54.6 Å². The van der Waals surface area contributed by atoms with Crippen LogP contribution in [0.4, 0.5) is 11.4 Å². The van der Waals surface area contributed by atoms with Crippen molar-refractivity contribution in [3.63, 3.8) is 0 Å². The van der Waals surface area contributed by atoms with Gasteiger partial charge < -0.3 is 14.4 Å². The van der Waals surface area contributed by atoms with Crippen LogP contribution in [-0.2, 0) is 16.0 Å². The van der Waals surface area contributed by atoms with Gasteiger partial charge in [0.2, 0.25) is 0 Å². The molecule has 2 aliphatic heterocycles. The lowest BCUT2D eigenvalue weighted by molar-refractivity contribution is -0.141. The SMILES string of the molecule is O=C(OC1=Nc2cc(OCCCCN3CCN(c4cccc(Cl)c4Cl)CC3)ccc2CC1)C1CCCCC1. The molecule has 1 saturated heterocycles. The predicted molar refractivity (Wildman–Crippen MR) is 154 cm³/mol. The Bertz CT molecular complexity index is 1140. The Morgan fingerprint density at radius 3 is 2.61 bits per heavy atom. The van der Waals surface area contributed by atoms with Crippen LogP contribution < -0.4 is 9.64 Å². The average molecular weight is 559 g/mol. The smallest absolute Gasteiger partial charge is 0.315 e. The Balaban J connectivity index is 1.03. The van der Waals surface area contributed by atoms with Gasteiger partial charge in [0.1, 0.15) is 5.75 Å². The van der Waals surface area contributed by atoms with Crippen LogP contribution in [0.25, 0.3) is 0 Å². The number of aryl methyl sites for hydroxylation is 1. The van der Waals surface area contributed by atoms with Gasteiger partial charge in [0.15, 0.2) is 5.90 Å². The van der Waals surface area contributed by atoms with Crippen LogP contribution in [0.2, 0.25) is 10.0 Å². The summed E-state index contributed by atoms with van der Waals surface area (Å²) < 4.78 is 11.7. The Morgan fingerprint density at radius 2 is 1.79 bits per heavy atom. The summed E-state index contributed by atoms with van der Waals surface area (Å²) in [5.41, 5.74) is 3.06. The van der Waals surface area contributed by atoms with Gasteiger partial charge in [0.05, 0.1) is 33.9 Å². The van der Waals surface area contributed by atoms with Crippen molar-refractivity contribution in [3.8, 4) is 5.75 Å². The zero-order valence-corrected chi connectivity index (χ0v) is 23.5. The first-order chi connectivity index (χ1) is 18.6. The number of unbranched alkanes of at least 4 members (excludes halogenated alkanes) is 1. The molecule has 2 heterocycles. The fraction of sp³-hybridized carbons (Fsp3) is 0.533. The Hall–Kier alpha value is -2.28. The van der Waals surface area contributed by atoms with Gasteiger partial charge in [-0.2, -0.15) is 0 Å². The fourth-order valence-corrected chi connectivity index (χ4v) is 5.98. The summed E-state index contributed by atoms with van der Waals surface area (Å²) in [5, 5.41) is 1.25. The van der Waals surface area contributed by atoms with Crippen molar-refractivity contribution in [2.45, 2.75) is 57.8 Å². The number of carbonyl (C=O) groups excluding carboxylic acids is 1. The number of piperazine rings is 1. The third kappa shape index (κ3) is 7.02. The molecule has 5 rings (SSSR count). The highest BCUT2D eigenvalue weighted by molar-refractivity contribution is 6.43. The summed E-state index contributed by atoms with van der Waals surface area (Å²) in [4.78, 5) is 22.0. The number of fused-ring (bicyclic) bond motifs is 1. The van der Waals surface area contributed by atoms with E-state index < -0.39 is 0 Å². The van der Waals surface area contributed by atoms with E-state index in [9.17, 15) is 4.79 Å². The number of anilines is 1. The van der Waals surface area contributed by atoms with Crippen LogP contribution >= 0.6 is 23.2 Å². The number of hydrogen-bond donors (Lipinski definition) is 0. The van der Waals surface area contributed by atoms with Gasteiger partial charge in [0.25, 0.3) is 0 Å².